The lowest BCUT2D eigenvalue weighted by Crippen LogP contribution is -2.44. The number of likely N-dealkylation sites (tertiary alicyclic amines) is 1. The normalized spacial score (nSPS) is 16.6. The van der Waals surface area contributed by atoms with Gasteiger partial charge in [-0.1, -0.05) is 6.07 Å². The van der Waals surface area contributed by atoms with Crippen molar-refractivity contribution in [2.75, 3.05) is 20.8 Å². The van der Waals surface area contributed by atoms with Crippen LogP contribution >= 0.6 is 0 Å². The van der Waals surface area contributed by atoms with E-state index < -0.39 is 23.4 Å². The van der Waals surface area contributed by atoms with Crippen molar-refractivity contribution in [3.05, 3.63) is 58.9 Å². The molecular weight excluding hydrogens is 383 g/mol. The van der Waals surface area contributed by atoms with Crippen LogP contribution in [0.1, 0.15) is 41.6 Å². The first-order valence-corrected chi connectivity index (χ1v) is 9.61. The summed E-state index contributed by atoms with van der Waals surface area (Å²) in [6, 6.07) is 7.16. The van der Waals surface area contributed by atoms with Gasteiger partial charge in [0.1, 0.15) is 0 Å². The van der Waals surface area contributed by atoms with Gasteiger partial charge in [-0.05, 0) is 61.9 Å². The molecule has 0 bridgehead atoms. The molecule has 1 saturated heterocycles. The number of carbonyl (C=O) groups excluding carboxylic acids is 1. The molecule has 2 aromatic carbocycles. The number of piperidine rings is 1. The Bertz CT molecular complexity index is 865. The molecule has 1 heterocycles. The second-order valence-electron chi connectivity index (χ2n) is 7.13. The quantitative estimate of drug-likeness (QED) is 0.649. The van der Waals surface area contributed by atoms with Gasteiger partial charge in [-0.2, -0.15) is 0 Å². The molecule has 156 valence electrons. The van der Waals surface area contributed by atoms with E-state index in [1.807, 2.05) is 18.2 Å². The zero-order chi connectivity index (χ0) is 21.0. The highest BCUT2D eigenvalue weighted by Gasteiger charge is 2.28. The molecule has 2 aromatic rings. The number of amides is 1. The minimum absolute atomic E-state index is 0.0551. The molecule has 1 fully saturated rings. The van der Waals surface area contributed by atoms with Gasteiger partial charge in [0.2, 0.25) is 0 Å². The van der Waals surface area contributed by atoms with E-state index in [9.17, 15) is 18.0 Å². The van der Waals surface area contributed by atoms with Crippen molar-refractivity contribution < 1.29 is 27.4 Å². The number of hydrogen-bond donors (Lipinski definition) is 0. The Morgan fingerprint density at radius 2 is 1.72 bits per heavy atom. The van der Waals surface area contributed by atoms with Crippen LogP contribution in [-0.2, 0) is 6.42 Å². The zero-order valence-electron chi connectivity index (χ0n) is 16.5. The summed E-state index contributed by atoms with van der Waals surface area (Å²) in [4.78, 5) is 14.5. The summed E-state index contributed by atoms with van der Waals surface area (Å²) < 4.78 is 50.9. The van der Waals surface area contributed by atoms with E-state index in [-0.39, 0.29) is 11.6 Å². The van der Waals surface area contributed by atoms with Crippen LogP contribution in [0.5, 0.6) is 11.5 Å². The number of aryl methyl sites for hydroxylation is 1. The highest BCUT2D eigenvalue weighted by atomic mass is 19.2. The smallest absolute Gasteiger partial charge is 0.254 e. The molecule has 0 aromatic heterocycles. The largest absolute Gasteiger partial charge is 0.493 e. The second-order valence-corrected chi connectivity index (χ2v) is 7.13. The van der Waals surface area contributed by atoms with E-state index in [2.05, 4.69) is 0 Å². The first kappa shape index (κ1) is 21.0. The van der Waals surface area contributed by atoms with Crippen LogP contribution in [0.2, 0.25) is 0 Å². The molecule has 1 aliphatic rings. The third kappa shape index (κ3) is 4.66. The highest BCUT2D eigenvalue weighted by molar-refractivity contribution is 5.94. The van der Waals surface area contributed by atoms with Gasteiger partial charge in [-0.25, -0.2) is 13.2 Å². The summed E-state index contributed by atoms with van der Waals surface area (Å²) in [7, 11) is 3.15. The van der Waals surface area contributed by atoms with Gasteiger partial charge in [0.15, 0.2) is 29.0 Å². The maximum atomic E-state index is 13.6. The van der Waals surface area contributed by atoms with Crippen LogP contribution in [0.3, 0.4) is 0 Å². The molecule has 1 aliphatic heterocycles. The fraction of sp³-hybridized carbons (Fsp3) is 0.409. The van der Waals surface area contributed by atoms with Crippen LogP contribution in [0, 0.1) is 17.5 Å². The first-order valence-electron chi connectivity index (χ1n) is 9.61. The topological polar surface area (TPSA) is 38.8 Å². The van der Waals surface area contributed by atoms with E-state index in [1.54, 1.807) is 19.1 Å². The van der Waals surface area contributed by atoms with Gasteiger partial charge < -0.3 is 14.4 Å². The average Bonchev–Trinajstić information content (AvgIpc) is 2.75. The van der Waals surface area contributed by atoms with Crippen molar-refractivity contribution in [2.45, 2.75) is 38.1 Å². The van der Waals surface area contributed by atoms with Crippen molar-refractivity contribution >= 4 is 5.91 Å². The predicted molar refractivity (Wildman–Crippen MR) is 103 cm³/mol. The monoisotopic (exact) mass is 407 g/mol. The number of rotatable bonds is 6. The molecule has 1 unspecified atom stereocenters. The van der Waals surface area contributed by atoms with Crippen LogP contribution in [-0.4, -0.2) is 37.6 Å². The fourth-order valence-corrected chi connectivity index (χ4v) is 3.78. The number of methoxy groups -OCH3 is 2. The van der Waals surface area contributed by atoms with Crippen LogP contribution in [0.4, 0.5) is 13.2 Å². The van der Waals surface area contributed by atoms with Crippen molar-refractivity contribution in [1.29, 1.82) is 0 Å². The van der Waals surface area contributed by atoms with Crippen LogP contribution < -0.4 is 9.47 Å². The van der Waals surface area contributed by atoms with E-state index in [1.165, 1.54) is 0 Å². The molecule has 0 aliphatic carbocycles. The Kier molecular flexibility index (Phi) is 6.67. The fourth-order valence-electron chi connectivity index (χ4n) is 3.78. The lowest BCUT2D eigenvalue weighted by atomic mass is 9.95. The van der Waals surface area contributed by atoms with Gasteiger partial charge in [0.05, 0.1) is 14.2 Å². The Morgan fingerprint density at radius 1 is 1.03 bits per heavy atom. The van der Waals surface area contributed by atoms with Gasteiger partial charge in [0.25, 0.3) is 5.91 Å². The molecule has 0 N–H and O–H groups in total. The second kappa shape index (κ2) is 9.20. The third-order valence-corrected chi connectivity index (χ3v) is 5.33. The molecule has 7 heteroatoms. The van der Waals surface area contributed by atoms with E-state index in [0.717, 1.165) is 37.0 Å². The van der Waals surface area contributed by atoms with E-state index in [0.29, 0.717) is 30.9 Å². The third-order valence-electron chi connectivity index (χ3n) is 5.33. The van der Waals surface area contributed by atoms with Gasteiger partial charge in [-0.3, -0.25) is 4.79 Å². The van der Waals surface area contributed by atoms with Crippen LogP contribution in [0.15, 0.2) is 30.3 Å². The number of hydrogen-bond acceptors (Lipinski definition) is 3. The zero-order valence-corrected chi connectivity index (χ0v) is 16.5. The van der Waals surface area contributed by atoms with Gasteiger partial charge in [0, 0.05) is 18.2 Å². The van der Waals surface area contributed by atoms with Crippen molar-refractivity contribution in [1.82, 2.24) is 4.90 Å². The Hall–Kier alpha value is -2.70. The summed E-state index contributed by atoms with van der Waals surface area (Å²) in [5.74, 6) is -3.46. The summed E-state index contributed by atoms with van der Waals surface area (Å²) in [6.07, 6.45) is 4.02. The molecule has 0 saturated carbocycles. The Labute approximate surface area is 168 Å². The van der Waals surface area contributed by atoms with Crippen LogP contribution in [0.25, 0.3) is 0 Å². The van der Waals surface area contributed by atoms with Gasteiger partial charge in [-0.15, -0.1) is 0 Å². The van der Waals surface area contributed by atoms with Crippen molar-refractivity contribution in [2.24, 2.45) is 0 Å². The summed E-state index contributed by atoms with van der Waals surface area (Å²) >= 11 is 0. The molecule has 1 amide bonds. The number of nitrogens with zero attached hydrogens (tertiary/aromatic N) is 1. The molecule has 3 rings (SSSR count). The SMILES string of the molecule is COc1ccc(CCC2CCCCN2C(=O)c2cc(F)c(F)c(F)c2)cc1OC. The minimum atomic E-state index is -1.56. The number of ether oxygens (including phenoxy) is 2. The first-order chi connectivity index (χ1) is 13.9. The number of benzene rings is 2. The lowest BCUT2D eigenvalue weighted by molar-refractivity contribution is 0.0600. The number of halogens is 3. The molecule has 4 nitrogen and oxygen atoms in total. The Morgan fingerprint density at radius 3 is 2.38 bits per heavy atom. The summed E-state index contributed by atoms with van der Waals surface area (Å²) in [5.41, 5.74) is 0.874. The average molecular weight is 407 g/mol. The molecule has 1 atom stereocenters. The Balaban J connectivity index is 1.74. The maximum Gasteiger partial charge on any atom is 0.254 e. The van der Waals surface area contributed by atoms with Crippen molar-refractivity contribution in [3.8, 4) is 11.5 Å². The van der Waals surface area contributed by atoms with Crippen molar-refractivity contribution in [3.63, 3.8) is 0 Å². The molecule has 0 radical (unpaired) electrons. The number of carbonyl (C=O) groups is 1. The van der Waals surface area contributed by atoms with E-state index in [4.69, 9.17) is 9.47 Å². The van der Waals surface area contributed by atoms with E-state index >= 15 is 0 Å². The molecule has 0 spiro atoms. The molecule has 29 heavy (non-hydrogen) atoms. The van der Waals surface area contributed by atoms with Gasteiger partial charge >= 0.3 is 0 Å². The summed E-state index contributed by atoms with van der Waals surface area (Å²) in [5, 5.41) is 0. The maximum absolute atomic E-state index is 13.6. The predicted octanol–water partition coefficient (Wildman–Crippen LogP) is 4.75. The lowest BCUT2D eigenvalue weighted by Gasteiger charge is -2.36. The minimum Gasteiger partial charge on any atom is -0.493 e. The highest BCUT2D eigenvalue weighted by Crippen LogP contribution is 2.29. The standard InChI is InChI=1S/C22H24F3NO3/c1-28-19-9-7-14(11-20(19)29-2)6-8-16-5-3-4-10-26(16)22(27)15-12-17(23)21(25)18(24)13-15/h7,9,11-13,16H,3-6,8,10H2,1-2H3. The summed E-state index contributed by atoms with van der Waals surface area (Å²) in [6.45, 7) is 0.510. The molecular formula is C22H24F3NO3.